The Labute approximate surface area is 148 Å². The van der Waals surface area contributed by atoms with Crippen LogP contribution in [0, 0.1) is 6.92 Å². The number of nitrogens with one attached hydrogen (secondary N) is 1. The number of hydrogen-bond acceptors (Lipinski definition) is 4. The summed E-state index contributed by atoms with van der Waals surface area (Å²) in [4.78, 5) is 24.7. The molecule has 1 unspecified atom stereocenters. The smallest absolute Gasteiger partial charge is 0.311 e. The Hall–Kier alpha value is -2.40. The lowest BCUT2D eigenvalue weighted by Crippen LogP contribution is -2.28. The van der Waals surface area contributed by atoms with Gasteiger partial charge in [-0.3, -0.25) is 9.59 Å². The molecule has 2 heterocycles. The number of ether oxygens (including phenoxy) is 1. The van der Waals surface area contributed by atoms with Gasteiger partial charge in [0.2, 0.25) is 5.78 Å². The van der Waals surface area contributed by atoms with Crippen molar-refractivity contribution in [2.45, 2.75) is 32.2 Å². The molecule has 0 saturated carbocycles. The summed E-state index contributed by atoms with van der Waals surface area (Å²) >= 11 is 0. The third kappa shape index (κ3) is 4.17. The fraction of sp³-hybridized carbons (Fsp3) is 0.400. The van der Waals surface area contributed by atoms with E-state index in [0.717, 1.165) is 30.6 Å². The van der Waals surface area contributed by atoms with E-state index in [-0.39, 0.29) is 24.2 Å². The number of benzene rings is 1. The minimum absolute atomic E-state index is 0.0442. The fourth-order valence-corrected chi connectivity index (χ4v) is 3.10. The van der Waals surface area contributed by atoms with Gasteiger partial charge in [-0.2, -0.15) is 0 Å². The summed E-state index contributed by atoms with van der Waals surface area (Å²) in [6.45, 7) is 3.39. The highest BCUT2D eigenvalue weighted by molar-refractivity contribution is 6.08. The van der Waals surface area contributed by atoms with Crippen LogP contribution in [0.5, 0.6) is 0 Å². The van der Waals surface area contributed by atoms with Crippen molar-refractivity contribution < 1.29 is 14.3 Å². The Balaban J connectivity index is 1.63. The maximum absolute atomic E-state index is 12.6. The zero-order chi connectivity index (χ0) is 17.8. The predicted molar refractivity (Wildman–Crippen MR) is 95.7 cm³/mol. The normalized spacial score (nSPS) is 16.8. The summed E-state index contributed by atoms with van der Waals surface area (Å²) in [6, 6.07) is 11.4. The molecule has 5 nitrogen and oxygen atoms in total. The van der Waals surface area contributed by atoms with Crippen molar-refractivity contribution in [2.75, 3.05) is 13.2 Å². The largest absolute Gasteiger partial charge is 0.464 e. The van der Waals surface area contributed by atoms with Crippen molar-refractivity contribution in [1.82, 2.24) is 9.88 Å². The van der Waals surface area contributed by atoms with E-state index in [1.165, 1.54) is 0 Å². The first kappa shape index (κ1) is 17.4. The lowest BCUT2D eigenvalue weighted by Gasteiger charge is -2.11. The van der Waals surface area contributed by atoms with Crippen LogP contribution in [0.3, 0.4) is 0 Å². The van der Waals surface area contributed by atoms with Crippen molar-refractivity contribution in [3.05, 3.63) is 58.9 Å². The molecule has 1 N–H and O–H groups in total. The van der Waals surface area contributed by atoms with Crippen LogP contribution in [0.15, 0.2) is 36.4 Å². The lowest BCUT2D eigenvalue weighted by atomic mass is 10.1. The highest BCUT2D eigenvalue weighted by Gasteiger charge is 2.19. The number of carbonyl (C=O) groups is 2. The van der Waals surface area contributed by atoms with Crippen LogP contribution in [0.2, 0.25) is 0 Å². The monoisotopic (exact) mass is 340 g/mol. The number of hydrogen-bond donors (Lipinski definition) is 1. The average molecular weight is 340 g/mol. The van der Waals surface area contributed by atoms with Gasteiger partial charge in [-0.25, -0.2) is 0 Å². The maximum atomic E-state index is 12.6. The fourth-order valence-electron chi connectivity index (χ4n) is 3.10. The Morgan fingerprint density at radius 1 is 1.20 bits per heavy atom. The molecule has 1 aromatic heterocycles. The third-order valence-electron chi connectivity index (χ3n) is 4.71. The summed E-state index contributed by atoms with van der Waals surface area (Å²) in [5.41, 5.74) is 3.11. The Bertz CT molecular complexity index is 756. The van der Waals surface area contributed by atoms with Gasteiger partial charge in [0.05, 0.1) is 12.1 Å². The summed E-state index contributed by atoms with van der Waals surface area (Å²) in [6.07, 6.45) is 2.35. The van der Waals surface area contributed by atoms with Crippen LogP contribution in [0.25, 0.3) is 0 Å². The number of ketones is 1. The second-order valence-corrected chi connectivity index (χ2v) is 6.62. The van der Waals surface area contributed by atoms with Gasteiger partial charge in [0.25, 0.3) is 0 Å². The molecule has 0 amide bonds. The van der Waals surface area contributed by atoms with Crippen LogP contribution in [-0.2, 0) is 23.0 Å². The zero-order valence-corrected chi connectivity index (χ0v) is 14.7. The van der Waals surface area contributed by atoms with E-state index in [0.29, 0.717) is 17.9 Å². The number of esters is 1. The molecule has 0 radical (unpaired) electrons. The first-order chi connectivity index (χ1) is 12.0. The van der Waals surface area contributed by atoms with E-state index in [1.807, 2.05) is 44.3 Å². The van der Waals surface area contributed by atoms with Crippen LogP contribution in [-0.4, -0.2) is 35.5 Å². The Morgan fingerprint density at radius 3 is 2.64 bits per heavy atom. The Morgan fingerprint density at radius 2 is 1.96 bits per heavy atom. The molecule has 1 saturated heterocycles. The van der Waals surface area contributed by atoms with Crippen LogP contribution in [0.1, 0.15) is 40.2 Å². The van der Waals surface area contributed by atoms with E-state index < -0.39 is 0 Å². The molecule has 25 heavy (non-hydrogen) atoms. The van der Waals surface area contributed by atoms with Gasteiger partial charge in [0.15, 0.2) is 0 Å². The summed E-state index contributed by atoms with van der Waals surface area (Å²) < 4.78 is 7.13. The van der Waals surface area contributed by atoms with Crippen molar-refractivity contribution in [3.63, 3.8) is 0 Å². The van der Waals surface area contributed by atoms with Crippen molar-refractivity contribution in [3.8, 4) is 0 Å². The maximum Gasteiger partial charge on any atom is 0.311 e. The second-order valence-electron chi connectivity index (χ2n) is 6.62. The number of nitrogens with zero attached hydrogens (tertiary/aromatic N) is 1. The van der Waals surface area contributed by atoms with E-state index in [4.69, 9.17) is 4.74 Å². The molecule has 132 valence electrons. The van der Waals surface area contributed by atoms with Gasteiger partial charge < -0.3 is 14.6 Å². The second kappa shape index (κ2) is 7.66. The molecule has 2 aromatic rings. The van der Waals surface area contributed by atoms with E-state index >= 15 is 0 Å². The molecule has 1 aliphatic rings. The Kier molecular flexibility index (Phi) is 5.34. The summed E-state index contributed by atoms with van der Waals surface area (Å²) in [5.74, 6) is -0.304. The average Bonchev–Trinajstić information content (AvgIpc) is 3.24. The van der Waals surface area contributed by atoms with Crippen LogP contribution in [0.4, 0.5) is 0 Å². The van der Waals surface area contributed by atoms with Crippen molar-refractivity contribution in [2.24, 2.45) is 7.05 Å². The molecule has 0 bridgehead atoms. The topological polar surface area (TPSA) is 60.3 Å². The van der Waals surface area contributed by atoms with Crippen molar-refractivity contribution in [1.29, 1.82) is 0 Å². The van der Waals surface area contributed by atoms with Gasteiger partial charge >= 0.3 is 5.97 Å². The van der Waals surface area contributed by atoms with E-state index in [2.05, 4.69) is 5.32 Å². The van der Waals surface area contributed by atoms with Gasteiger partial charge in [0.1, 0.15) is 6.61 Å². The molecule has 0 spiro atoms. The molecule has 5 heteroatoms. The first-order valence-corrected chi connectivity index (χ1v) is 8.69. The number of carbonyl (C=O) groups excluding carboxylic acids is 2. The zero-order valence-electron chi connectivity index (χ0n) is 14.7. The van der Waals surface area contributed by atoms with Crippen LogP contribution < -0.4 is 5.32 Å². The molecular weight excluding hydrogens is 316 g/mol. The van der Waals surface area contributed by atoms with Crippen molar-refractivity contribution >= 4 is 11.8 Å². The van der Waals surface area contributed by atoms with Gasteiger partial charge in [-0.15, -0.1) is 0 Å². The predicted octanol–water partition coefficient (Wildman–Crippen LogP) is 2.40. The number of aromatic nitrogens is 1. The molecule has 1 aliphatic heterocycles. The van der Waals surface area contributed by atoms with E-state index in [1.54, 1.807) is 10.6 Å². The van der Waals surface area contributed by atoms with Gasteiger partial charge in [-0.05, 0) is 38.4 Å². The minimum Gasteiger partial charge on any atom is -0.464 e. The molecule has 1 aromatic carbocycles. The van der Waals surface area contributed by atoms with Gasteiger partial charge in [0, 0.05) is 24.3 Å². The molecule has 1 fully saturated rings. The third-order valence-corrected chi connectivity index (χ3v) is 4.71. The highest BCUT2D eigenvalue weighted by atomic mass is 16.5. The van der Waals surface area contributed by atoms with Crippen LogP contribution >= 0.6 is 0 Å². The summed E-state index contributed by atoms with van der Waals surface area (Å²) in [7, 11) is 1.81. The first-order valence-electron chi connectivity index (χ1n) is 8.69. The van der Waals surface area contributed by atoms with E-state index in [9.17, 15) is 9.59 Å². The minimum atomic E-state index is -0.260. The molecule has 1 atom stereocenters. The summed E-state index contributed by atoms with van der Waals surface area (Å²) in [5, 5.41) is 3.30. The molecular formula is C20H24N2O3. The number of rotatable bonds is 6. The highest BCUT2D eigenvalue weighted by Crippen LogP contribution is 2.15. The standard InChI is InChI=1S/C20H24N2O3/c1-14-5-7-15(8-6-14)20(24)18-10-9-17(22(18)2)12-19(23)25-13-16-4-3-11-21-16/h5-10,16,21H,3-4,11-13H2,1-2H3. The molecule has 0 aliphatic carbocycles. The lowest BCUT2D eigenvalue weighted by molar-refractivity contribution is -0.143. The number of aryl methyl sites for hydroxylation is 1. The molecule has 3 rings (SSSR count). The quantitative estimate of drug-likeness (QED) is 0.648. The SMILES string of the molecule is Cc1ccc(C(=O)c2ccc(CC(=O)OCC3CCCN3)n2C)cc1. The van der Waals surface area contributed by atoms with Gasteiger partial charge in [-0.1, -0.05) is 29.8 Å².